The van der Waals surface area contributed by atoms with Crippen LogP contribution in [0.1, 0.15) is 106 Å². The molecular weight excluding hydrogens is 594 g/mol. The van der Waals surface area contributed by atoms with Crippen molar-refractivity contribution in [2.24, 2.45) is 56.7 Å². The number of carbonyl (C=O) groups is 2. The van der Waals surface area contributed by atoms with E-state index < -0.39 is 0 Å². The van der Waals surface area contributed by atoms with Crippen LogP contribution in [0, 0.1) is 56.7 Å². The molecule has 0 aromatic carbocycles. The Labute approximate surface area is 284 Å². The van der Waals surface area contributed by atoms with Gasteiger partial charge in [0.15, 0.2) is 0 Å². The summed E-state index contributed by atoms with van der Waals surface area (Å²) in [5.41, 5.74) is 0.374. The van der Waals surface area contributed by atoms with Gasteiger partial charge in [-0.15, -0.1) is 0 Å². The normalized spacial score (nSPS) is 43.6. The van der Waals surface area contributed by atoms with Crippen LogP contribution in [-0.2, 0) is 14.2 Å². The molecule has 0 radical (unpaired) electrons. The second-order valence-corrected chi connectivity index (χ2v) is 18.5. The average molecular weight is 660 g/mol. The molecule has 9 heteroatoms. The van der Waals surface area contributed by atoms with E-state index in [1.165, 1.54) is 17.7 Å². The number of hydrogen-bond acceptors (Lipinski definition) is 7. The molecule has 1 saturated heterocycles. The standard InChI is InChI=1S/C38H65N3O6/c1-22(2)31(47-33(44)41(8)9)26(45-10)17-23(3)25-18-29(42)36(7)28-12-11-27-34(4,5)30(46-32(43)40-24-19-39-20-24)13-14-37(27)21-38(28,37)16-15-35(25,36)6/h22-31,39,42H,11-21H2,1-10H3,(H,40,43)/t23-,25-,26?,27+,28?,29+,30+,31-,35-,36-,37-,38+/m1/s1. The van der Waals surface area contributed by atoms with Crippen molar-refractivity contribution in [2.75, 3.05) is 34.3 Å². The van der Waals surface area contributed by atoms with Gasteiger partial charge in [0.2, 0.25) is 0 Å². The summed E-state index contributed by atoms with van der Waals surface area (Å²) in [5.74, 6) is 1.84. The van der Waals surface area contributed by atoms with Gasteiger partial charge in [-0.2, -0.15) is 0 Å². The fourth-order valence-electron chi connectivity index (χ4n) is 13.0. The SMILES string of the molecule is COC(C[C@@H](C)[C@H]1C[C@H](O)[C@@]2(C)C3CC[C@H]4C(C)(C)[C@@H](OC(=O)NC5CNC5)CC[C@@]45C[C@@]35CC[C@]12C)[C@H](OC(=O)N(C)C)C(C)C. The molecule has 12 atom stereocenters. The van der Waals surface area contributed by atoms with Crippen LogP contribution in [0.3, 0.4) is 0 Å². The Balaban J connectivity index is 1.19. The molecule has 6 aliphatic rings. The number of aliphatic hydroxyl groups is 1. The van der Waals surface area contributed by atoms with E-state index in [0.29, 0.717) is 29.1 Å². The lowest BCUT2D eigenvalue weighted by molar-refractivity contribution is -0.182. The van der Waals surface area contributed by atoms with Gasteiger partial charge in [0.25, 0.3) is 0 Å². The van der Waals surface area contributed by atoms with Crippen LogP contribution in [-0.4, -0.2) is 86.9 Å². The lowest BCUT2D eigenvalue weighted by atomic mass is 9.41. The minimum atomic E-state index is -0.334. The van der Waals surface area contributed by atoms with E-state index >= 15 is 0 Å². The molecule has 3 N–H and O–H groups in total. The number of methoxy groups -OCH3 is 1. The van der Waals surface area contributed by atoms with Gasteiger partial charge < -0.3 is 34.9 Å². The Morgan fingerprint density at radius 2 is 1.64 bits per heavy atom. The van der Waals surface area contributed by atoms with Crippen LogP contribution in [0.4, 0.5) is 9.59 Å². The third-order valence-electron chi connectivity index (χ3n) is 15.8. The van der Waals surface area contributed by atoms with Crippen molar-refractivity contribution in [1.82, 2.24) is 15.5 Å². The quantitative estimate of drug-likeness (QED) is 0.269. The fraction of sp³-hybridized carbons (Fsp3) is 0.947. The van der Waals surface area contributed by atoms with Crippen molar-refractivity contribution in [3.63, 3.8) is 0 Å². The van der Waals surface area contributed by atoms with Crippen LogP contribution < -0.4 is 10.6 Å². The van der Waals surface area contributed by atoms with Gasteiger partial charge in [0.1, 0.15) is 12.2 Å². The highest BCUT2D eigenvalue weighted by Crippen LogP contribution is 2.89. The summed E-state index contributed by atoms with van der Waals surface area (Å²) >= 11 is 0. The molecule has 5 saturated carbocycles. The van der Waals surface area contributed by atoms with Crippen LogP contribution in [0.15, 0.2) is 0 Å². The molecule has 1 heterocycles. The van der Waals surface area contributed by atoms with Gasteiger partial charge in [0.05, 0.1) is 18.2 Å². The zero-order valence-corrected chi connectivity index (χ0v) is 31.0. The minimum Gasteiger partial charge on any atom is -0.446 e. The van der Waals surface area contributed by atoms with Crippen molar-refractivity contribution >= 4 is 12.2 Å². The third kappa shape index (κ3) is 5.16. The summed E-state index contributed by atoms with van der Waals surface area (Å²) in [7, 11) is 5.17. The number of aliphatic hydroxyl groups excluding tert-OH is 1. The summed E-state index contributed by atoms with van der Waals surface area (Å²) in [5, 5.41) is 18.4. The highest BCUT2D eigenvalue weighted by Gasteiger charge is 2.83. The van der Waals surface area contributed by atoms with E-state index in [0.717, 1.165) is 58.0 Å². The first-order valence-electron chi connectivity index (χ1n) is 18.7. The number of hydrogen-bond donors (Lipinski definition) is 3. The second kappa shape index (κ2) is 12.0. The number of fused-ring (bicyclic) bond motifs is 2. The summed E-state index contributed by atoms with van der Waals surface area (Å²) in [4.78, 5) is 26.9. The van der Waals surface area contributed by atoms with Crippen molar-refractivity contribution < 1.29 is 28.9 Å². The molecule has 2 spiro atoms. The summed E-state index contributed by atoms with van der Waals surface area (Å²) in [6.45, 7) is 17.8. The molecule has 0 aromatic rings. The number of alkyl carbamates (subject to hydrolysis) is 1. The van der Waals surface area contributed by atoms with Gasteiger partial charge >= 0.3 is 12.2 Å². The molecule has 5 aliphatic carbocycles. The molecule has 2 amide bonds. The predicted molar refractivity (Wildman–Crippen MR) is 182 cm³/mol. The zero-order chi connectivity index (χ0) is 34.3. The smallest absolute Gasteiger partial charge is 0.409 e. The van der Waals surface area contributed by atoms with Crippen molar-refractivity contribution in [2.45, 2.75) is 137 Å². The van der Waals surface area contributed by atoms with Gasteiger partial charge in [-0.05, 0) is 104 Å². The number of amides is 2. The molecule has 268 valence electrons. The van der Waals surface area contributed by atoms with Crippen LogP contribution in [0.25, 0.3) is 0 Å². The molecule has 1 aliphatic heterocycles. The molecule has 6 fully saturated rings. The Bertz CT molecular complexity index is 1210. The molecular formula is C38H65N3O6. The van der Waals surface area contributed by atoms with E-state index in [2.05, 4.69) is 59.1 Å². The zero-order valence-electron chi connectivity index (χ0n) is 31.0. The van der Waals surface area contributed by atoms with Gasteiger partial charge in [-0.25, -0.2) is 9.59 Å². The molecule has 0 aromatic heterocycles. The van der Waals surface area contributed by atoms with Crippen LogP contribution in [0.2, 0.25) is 0 Å². The van der Waals surface area contributed by atoms with Crippen LogP contribution >= 0.6 is 0 Å². The van der Waals surface area contributed by atoms with Crippen LogP contribution in [0.5, 0.6) is 0 Å². The number of rotatable bonds is 9. The van der Waals surface area contributed by atoms with E-state index in [1.807, 2.05) is 0 Å². The lowest BCUT2D eigenvalue weighted by Gasteiger charge is -2.63. The van der Waals surface area contributed by atoms with E-state index in [-0.39, 0.29) is 70.2 Å². The van der Waals surface area contributed by atoms with E-state index in [4.69, 9.17) is 14.2 Å². The molecule has 9 nitrogen and oxygen atoms in total. The summed E-state index contributed by atoms with van der Waals surface area (Å²) < 4.78 is 18.2. The third-order valence-corrected chi connectivity index (χ3v) is 15.8. The Hall–Kier alpha value is -1.58. The maximum Gasteiger partial charge on any atom is 0.409 e. The molecule has 6 rings (SSSR count). The van der Waals surface area contributed by atoms with E-state index in [9.17, 15) is 14.7 Å². The van der Waals surface area contributed by atoms with Gasteiger partial charge in [-0.3, -0.25) is 0 Å². The largest absolute Gasteiger partial charge is 0.446 e. The lowest BCUT2D eigenvalue weighted by Crippen LogP contribution is -2.60. The molecule has 0 bridgehead atoms. The number of carbonyl (C=O) groups excluding carboxylic acids is 2. The first kappa shape index (κ1) is 35.3. The van der Waals surface area contributed by atoms with Gasteiger partial charge in [-0.1, -0.05) is 48.5 Å². The topological polar surface area (TPSA) is 109 Å². The minimum absolute atomic E-state index is 0.0224. The van der Waals surface area contributed by atoms with E-state index in [1.54, 1.807) is 21.2 Å². The Kier molecular flexibility index (Phi) is 9.03. The maximum absolute atomic E-state index is 12.8. The van der Waals surface area contributed by atoms with Crippen molar-refractivity contribution in [3.8, 4) is 0 Å². The Morgan fingerprint density at radius 1 is 0.979 bits per heavy atom. The monoisotopic (exact) mass is 659 g/mol. The average Bonchev–Trinajstić information content (AvgIpc) is 3.60. The first-order chi connectivity index (χ1) is 22.0. The van der Waals surface area contributed by atoms with Gasteiger partial charge in [0, 0.05) is 45.1 Å². The number of nitrogens with one attached hydrogen (secondary N) is 2. The maximum atomic E-state index is 12.8. The molecule has 47 heavy (non-hydrogen) atoms. The number of ether oxygens (including phenoxy) is 3. The first-order valence-corrected chi connectivity index (χ1v) is 18.7. The fourth-order valence-corrected chi connectivity index (χ4v) is 13.0. The Morgan fingerprint density at radius 3 is 2.23 bits per heavy atom. The predicted octanol–water partition coefficient (Wildman–Crippen LogP) is 6.23. The highest BCUT2D eigenvalue weighted by molar-refractivity contribution is 5.68. The highest BCUT2D eigenvalue weighted by atomic mass is 16.6. The van der Waals surface area contributed by atoms with Crippen molar-refractivity contribution in [3.05, 3.63) is 0 Å². The second-order valence-electron chi connectivity index (χ2n) is 18.5. The summed E-state index contributed by atoms with van der Waals surface area (Å²) in [6, 6.07) is 0.182. The summed E-state index contributed by atoms with van der Waals surface area (Å²) in [6.07, 6.45) is 8.08. The number of nitrogens with zero attached hydrogens (tertiary/aromatic N) is 1. The molecule has 2 unspecified atom stereocenters. The van der Waals surface area contributed by atoms with Crippen molar-refractivity contribution in [1.29, 1.82) is 0 Å².